The van der Waals surface area contributed by atoms with Crippen LogP contribution in [0.4, 0.5) is 0 Å². The van der Waals surface area contributed by atoms with Crippen molar-refractivity contribution in [2.45, 2.75) is 13.0 Å². The summed E-state index contributed by atoms with van der Waals surface area (Å²) in [7, 11) is 0. The largest absolute Gasteiger partial charge is 0.484 e. The summed E-state index contributed by atoms with van der Waals surface area (Å²) in [5, 5.41) is 3.69. The molecule has 0 saturated carbocycles. The van der Waals surface area contributed by atoms with Gasteiger partial charge in [-0.15, -0.1) is 0 Å². The topological polar surface area (TPSA) is 50.8 Å². The molecule has 0 spiro atoms. The van der Waals surface area contributed by atoms with Gasteiger partial charge in [-0.05, 0) is 36.2 Å². The standard InChI is InChI=1S/C21H25ClN2O3/c1-16-5-4-6-17(13-16)27-15-21(25)23-14-20(24-9-11-26-12-10-24)18-7-2-3-8-19(18)22/h2-8,13,20H,9-12,14-15H2,1H3,(H,23,25)/t20-/m0/s1. The van der Waals surface area contributed by atoms with Crippen molar-refractivity contribution in [1.82, 2.24) is 10.2 Å². The van der Waals surface area contributed by atoms with Crippen molar-refractivity contribution in [2.24, 2.45) is 0 Å². The fourth-order valence-corrected chi connectivity index (χ4v) is 3.45. The van der Waals surface area contributed by atoms with Crippen LogP contribution in [-0.2, 0) is 9.53 Å². The van der Waals surface area contributed by atoms with E-state index in [1.54, 1.807) is 0 Å². The van der Waals surface area contributed by atoms with Crippen LogP contribution in [0.1, 0.15) is 17.2 Å². The molecule has 0 unspecified atom stereocenters. The van der Waals surface area contributed by atoms with Crippen LogP contribution in [0, 0.1) is 6.92 Å². The SMILES string of the molecule is Cc1cccc(OCC(=O)NC[C@@H](c2ccccc2Cl)N2CCOCC2)c1. The Morgan fingerprint density at radius 3 is 2.74 bits per heavy atom. The minimum absolute atomic E-state index is 0.00511. The number of carbonyl (C=O) groups is 1. The van der Waals surface area contributed by atoms with E-state index in [2.05, 4.69) is 10.2 Å². The van der Waals surface area contributed by atoms with Crippen LogP contribution in [0.5, 0.6) is 5.75 Å². The number of rotatable bonds is 7. The van der Waals surface area contributed by atoms with Gasteiger partial charge < -0.3 is 14.8 Å². The predicted molar refractivity (Wildman–Crippen MR) is 106 cm³/mol. The average molecular weight is 389 g/mol. The molecule has 1 amide bonds. The van der Waals surface area contributed by atoms with Gasteiger partial charge in [0, 0.05) is 24.7 Å². The lowest BCUT2D eigenvalue weighted by Crippen LogP contribution is -2.44. The van der Waals surface area contributed by atoms with E-state index in [4.69, 9.17) is 21.1 Å². The molecule has 0 aromatic heterocycles. The lowest BCUT2D eigenvalue weighted by atomic mass is 10.0. The van der Waals surface area contributed by atoms with Gasteiger partial charge in [0.1, 0.15) is 5.75 Å². The molecule has 0 radical (unpaired) electrons. The number of ether oxygens (including phenoxy) is 2. The van der Waals surface area contributed by atoms with Crippen molar-refractivity contribution < 1.29 is 14.3 Å². The number of amides is 1. The number of halogens is 1. The zero-order valence-corrected chi connectivity index (χ0v) is 16.2. The van der Waals surface area contributed by atoms with E-state index in [-0.39, 0.29) is 18.6 Å². The summed E-state index contributed by atoms with van der Waals surface area (Å²) < 4.78 is 11.0. The maximum absolute atomic E-state index is 12.3. The number of carbonyl (C=O) groups excluding carboxylic acids is 1. The maximum Gasteiger partial charge on any atom is 0.258 e. The van der Waals surface area contributed by atoms with Gasteiger partial charge in [-0.1, -0.05) is 41.9 Å². The fourth-order valence-electron chi connectivity index (χ4n) is 3.19. The molecule has 5 nitrogen and oxygen atoms in total. The second-order valence-corrected chi connectivity index (χ2v) is 7.00. The fraction of sp³-hybridized carbons (Fsp3) is 0.381. The van der Waals surface area contributed by atoms with Crippen LogP contribution in [0.25, 0.3) is 0 Å². The Bertz CT molecular complexity index is 763. The lowest BCUT2D eigenvalue weighted by molar-refractivity contribution is -0.123. The Labute approximate surface area is 165 Å². The zero-order valence-electron chi connectivity index (χ0n) is 15.5. The maximum atomic E-state index is 12.3. The van der Waals surface area contributed by atoms with Gasteiger partial charge in [0.2, 0.25) is 0 Å². The molecule has 1 aliphatic rings. The molecule has 1 heterocycles. The van der Waals surface area contributed by atoms with E-state index in [1.165, 1.54) is 0 Å². The van der Waals surface area contributed by atoms with Crippen molar-refractivity contribution in [1.29, 1.82) is 0 Å². The molecular formula is C21H25ClN2O3. The number of hydrogen-bond donors (Lipinski definition) is 1. The van der Waals surface area contributed by atoms with Crippen molar-refractivity contribution in [2.75, 3.05) is 39.5 Å². The van der Waals surface area contributed by atoms with E-state index in [9.17, 15) is 4.79 Å². The van der Waals surface area contributed by atoms with Crippen LogP contribution in [0.3, 0.4) is 0 Å². The Balaban J connectivity index is 1.60. The summed E-state index contributed by atoms with van der Waals surface area (Å²) in [4.78, 5) is 14.6. The molecule has 1 aliphatic heterocycles. The first kappa shape index (κ1) is 19.7. The quantitative estimate of drug-likeness (QED) is 0.791. The monoisotopic (exact) mass is 388 g/mol. The highest BCUT2D eigenvalue weighted by Crippen LogP contribution is 2.27. The molecule has 27 heavy (non-hydrogen) atoms. The summed E-state index contributed by atoms with van der Waals surface area (Å²) in [6.45, 7) is 5.44. The van der Waals surface area contributed by atoms with Crippen molar-refractivity contribution in [3.8, 4) is 5.75 Å². The van der Waals surface area contributed by atoms with Crippen molar-refractivity contribution in [3.63, 3.8) is 0 Å². The van der Waals surface area contributed by atoms with Crippen LogP contribution in [-0.4, -0.2) is 50.3 Å². The molecule has 1 atom stereocenters. The highest BCUT2D eigenvalue weighted by Gasteiger charge is 2.24. The Kier molecular flexibility index (Phi) is 7.10. The third-order valence-electron chi connectivity index (χ3n) is 4.60. The first-order valence-corrected chi connectivity index (χ1v) is 9.53. The first-order chi connectivity index (χ1) is 13.1. The van der Waals surface area contributed by atoms with Gasteiger partial charge in [0.15, 0.2) is 6.61 Å². The molecule has 144 valence electrons. The predicted octanol–water partition coefficient (Wildman–Crippen LogP) is 3.22. The van der Waals surface area contributed by atoms with Crippen molar-refractivity contribution >= 4 is 17.5 Å². The smallest absolute Gasteiger partial charge is 0.258 e. The minimum Gasteiger partial charge on any atom is -0.484 e. The van der Waals surface area contributed by atoms with Crippen LogP contribution in [0.2, 0.25) is 5.02 Å². The molecule has 2 aromatic rings. The molecule has 3 rings (SSSR count). The van der Waals surface area contributed by atoms with Gasteiger partial charge in [0.05, 0.1) is 19.3 Å². The van der Waals surface area contributed by atoms with E-state index >= 15 is 0 Å². The van der Waals surface area contributed by atoms with E-state index in [1.807, 2.05) is 55.5 Å². The molecule has 1 saturated heterocycles. The van der Waals surface area contributed by atoms with E-state index in [0.717, 1.165) is 24.2 Å². The molecule has 0 bridgehead atoms. The molecule has 6 heteroatoms. The molecule has 1 N–H and O–H groups in total. The van der Waals surface area contributed by atoms with E-state index < -0.39 is 0 Å². The van der Waals surface area contributed by atoms with Crippen LogP contribution >= 0.6 is 11.6 Å². The number of morpholine rings is 1. The Morgan fingerprint density at radius 1 is 1.22 bits per heavy atom. The average Bonchev–Trinajstić information content (AvgIpc) is 2.69. The minimum atomic E-state index is -0.151. The zero-order chi connectivity index (χ0) is 19.1. The summed E-state index contributed by atoms with van der Waals surface area (Å²) >= 11 is 6.41. The van der Waals surface area contributed by atoms with Gasteiger partial charge >= 0.3 is 0 Å². The van der Waals surface area contributed by atoms with Gasteiger partial charge in [-0.2, -0.15) is 0 Å². The summed E-state index contributed by atoms with van der Waals surface area (Å²) in [5.74, 6) is 0.544. The normalized spacial score (nSPS) is 15.9. The number of hydrogen-bond acceptors (Lipinski definition) is 4. The van der Waals surface area contributed by atoms with Crippen LogP contribution in [0.15, 0.2) is 48.5 Å². The third kappa shape index (κ3) is 5.70. The second-order valence-electron chi connectivity index (χ2n) is 6.59. The molecule has 0 aliphatic carbocycles. The van der Waals surface area contributed by atoms with Gasteiger partial charge in [0.25, 0.3) is 5.91 Å². The number of aryl methyl sites for hydroxylation is 1. The van der Waals surface area contributed by atoms with E-state index in [0.29, 0.717) is 30.5 Å². The number of nitrogens with one attached hydrogen (secondary N) is 1. The first-order valence-electron chi connectivity index (χ1n) is 9.16. The highest BCUT2D eigenvalue weighted by molar-refractivity contribution is 6.31. The molecular weight excluding hydrogens is 364 g/mol. The summed E-state index contributed by atoms with van der Waals surface area (Å²) in [5.41, 5.74) is 2.11. The summed E-state index contributed by atoms with van der Waals surface area (Å²) in [6, 6.07) is 15.4. The Hall–Kier alpha value is -2.08. The molecule has 1 fully saturated rings. The highest BCUT2D eigenvalue weighted by atomic mass is 35.5. The van der Waals surface area contributed by atoms with Gasteiger partial charge in [-0.25, -0.2) is 0 Å². The van der Waals surface area contributed by atoms with Gasteiger partial charge in [-0.3, -0.25) is 9.69 Å². The third-order valence-corrected chi connectivity index (χ3v) is 4.95. The Morgan fingerprint density at radius 2 is 2.00 bits per heavy atom. The second kappa shape index (κ2) is 9.74. The number of nitrogens with zero attached hydrogens (tertiary/aromatic N) is 1. The van der Waals surface area contributed by atoms with Crippen molar-refractivity contribution in [3.05, 3.63) is 64.7 Å². The molecule has 2 aromatic carbocycles. The van der Waals surface area contributed by atoms with Crippen LogP contribution < -0.4 is 10.1 Å². The summed E-state index contributed by atoms with van der Waals surface area (Å²) in [6.07, 6.45) is 0. The lowest BCUT2D eigenvalue weighted by Gasteiger charge is -2.35. The number of benzene rings is 2.